The summed E-state index contributed by atoms with van der Waals surface area (Å²) >= 11 is 0. The molecule has 0 radical (unpaired) electrons. The Balaban J connectivity index is 1.84. The Bertz CT molecular complexity index is 511. The Morgan fingerprint density at radius 3 is 2.30 bits per heavy atom. The summed E-state index contributed by atoms with van der Waals surface area (Å²) in [5.74, 6) is 0.630. The lowest BCUT2D eigenvalue weighted by molar-refractivity contribution is -0.136. The first-order valence-electron chi connectivity index (χ1n) is 6.59. The second-order valence-electron chi connectivity index (χ2n) is 4.79. The molecule has 1 saturated heterocycles. The van der Waals surface area contributed by atoms with Gasteiger partial charge in [0.1, 0.15) is 11.5 Å². The van der Waals surface area contributed by atoms with E-state index < -0.39 is 0 Å². The number of ether oxygens (including phenoxy) is 1. The molecule has 0 N–H and O–H groups in total. The van der Waals surface area contributed by atoms with Crippen molar-refractivity contribution in [2.45, 2.75) is 19.8 Å². The average molecular weight is 275 g/mol. The summed E-state index contributed by atoms with van der Waals surface area (Å²) in [5.41, 5.74) is 0.609. The summed E-state index contributed by atoms with van der Waals surface area (Å²) in [6.07, 6.45) is 0.859. The summed E-state index contributed by atoms with van der Waals surface area (Å²) in [6.45, 7) is 2.40. The first-order valence-corrected chi connectivity index (χ1v) is 6.59. The molecule has 1 aromatic rings. The van der Waals surface area contributed by atoms with E-state index in [0.29, 0.717) is 37.2 Å². The van der Waals surface area contributed by atoms with E-state index in [1.165, 1.54) is 6.92 Å². The second-order valence-corrected chi connectivity index (χ2v) is 4.79. The largest absolute Gasteiger partial charge is 0.484 e. The zero-order chi connectivity index (χ0) is 14.5. The van der Waals surface area contributed by atoms with Crippen molar-refractivity contribution in [1.82, 2.24) is 4.90 Å². The van der Waals surface area contributed by atoms with Crippen molar-refractivity contribution in [1.29, 1.82) is 0 Å². The fourth-order valence-electron chi connectivity index (χ4n) is 2.03. The van der Waals surface area contributed by atoms with Crippen molar-refractivity contribution >= 4 is 17.5 Å². The predicted molar refractivity (Wildman–Crippen MR) is 72.8 cm³/mol. The number of likely N-dealkylation sites (tertiary alicyclic amines) is 1. The van der Waals surface area contributed by atoms with Gasteiger partial charge in [-0.3, -0.25) is 14.4 Å². The monoisotopic (exact) mass is 275 g/mol. The van der Waals surface area contributed by atoms with Crippen LogP contribution in [-0.4, -0.2) is 42.1 Å². The predicted octanol–water partition coefficient (Wildman–Crippen LogP) is 1.46. The van der Waals surface area contributed by atoms with E-state index in [9.17, 15) is 14.4 Å². The standard InChI is InChI=1S/C15H17NO4/c1-11(17)12-2-4-14(5-3-12)20-10-15(19)16-8-6-13(18)7-9-16/h2-5H,6-10H2,1H3. The van der Waals surface area contributed by atoms with E-state index in [1.807, 2.05) is 0 Å². The third-order valence-corrected chi connectivity index (χ3v) is 3.30. The molecule has 1 amide bonds. The molecule has 1 fully saturated rings. The third kappa shape index (κ3) is 3.66. The fraction of sp³-hybridized carbons (Fsp3) is 0.400. The van der Waals surface area contributed by atoms with E-state index in [4.69, 9.17) is 4.74 Å². The summed E-state index contributed by atoms with van der Waals surface area (Å²) in [6, 6.07) is 6.68. The lowest BCUT2D eigenvalue weighted by atomic mass is 10.1. The van der Waals surface area contributed by atoms with E-state index >= 15 is 0 Å². The molecule has 0 bridgehead atoms. The van der Waals surface area contributed by atoms with Crippen LogP contribution in [0.5, 0.6) is 5.75 Å². The molecule has 0 unspecified atom stereocenters. The van der Waals surface area contributed by atoms with Gasteiger partial charge in [0.2, 0.25) is 0 Å². The van der Waals surface area contributed by atoms with Crippen LogP contribution < -0.4 is 4.74 Å². The van der Waals surface area contributed by atoms with Gasteiger partial charge in [-0.2, -0.15) is 0 Å². The van der Waals surface area contributed by atoms with E-state index in [1.54, 1.807) is 29.2 Å². The number of ketones is 2. The number of rotatable bonds is 4. The molecule has 0 aliphatic carbocycles. The van der Waals surface area contributed by atoms with Crippen LogP contribution in [0.25, 0.3) is 0 Å². The van der Waals surface area contributed by atoms with Crippen molar-refractivity contribution in [2.75, 3.05) is 19.7 Å². The molecule has 0 spiro atoms. The van der Waals surface area contributed by atoms with Crippen LogP contribution in [0.4, 0.5) is 0 Å². The van der Waals surface area contributed by atoms with Crippen LogP contribution >= 0.6 is 0 Å². The van der Waals surface area contributed by atoms with Gasteiger partial charge in [0.25, 0.3) is 5.91 Å². The molecule has 5 heteroatoms. The van der Waals surface area contributed by atoms with Gasteiger partial charge in [-0.15, -0.1) is 0 Å². The molecule has 20 heavy (non-hydrogen) atoms. The highest BCUT2D eigenvalue weighted by Gasteiger charge is 2.20. The molecule has 106 valence electrons. The number of carbonyl (C=O) groups excluding carboxylic acids is 3. The first kappa shape index (κ1) is 14.2. The number of hydrogen-bond donors (Lipinski definition) is 0. The molecule has 1 aliphatic heterocycles. The van der Waals surface area contributed by atoms with Crippen LogP contribution in [0.3, 0.4) is 0 Å². The highest BCUT2D eigenvalue weighted by Crippen LogP contribution is 2.13. The smallest absolute Gasteiger partial charge is 0.260 e. The Hall–Kier alpha value is -2.17. The van der Waals surface area contributed by atoms with Crippen LogP contribution in [-0.2, 0) is 9.59 Å². The van der Waals surface area contributed by atoms with Gasteiger partial charge in [-0.25, -0.2) is 0 Å². The van der Waals surface area contributed by atoms with E-state index in [2.05, 4.69) is 0 Å². The highest BCUT2D eigenvalue weighted by molar-refractivity contribution is 5.94. The Morgan fingerprint density at radius 2 is 1.75 bits per heavy atom. The van der Waals surface area contributed by atoms with Crippen molar-refractivity contribution in [3.05, 3.63) is 29.8 Å². The summed E-state index contributed by atoms with van der Waals surface area (Å²) in [4.78, 5) is 35.8. The summed E-state index contributed by atoms with van der Waals surface area (Å²) in [5, 5.41) is 0. The van der Waals surface area contributed by atoms with Crippen LogP contribution in [0, 0.1) is 0 Å². The maximum atomic E-state index is 11.9. The molecule has 0 atom stereocenters. The fourth-order valence-corrected chi connectivity index (χ4v) is 2.03. The number of carbonyl (C=O) groups is 3. The topological polar surface area (TPSA) is 63.7 Å². The molecule has 1 aromatic carbocycles. The first-order chi connectivity index (χ1) is 9.56. The number of piperidine rings is 1. The molecule has 0 saturated carbocycles. The quantitative estimate of drug-likeness (QED) is 0.780. The van der Waals surface area contributed by atoms with Gasteiger partial charge in [-0.1, -0.05) is 0 Å². The molecule has 5 nitrogen and oxygen atoms in total. The summed E-state index contributed by atoms with van der Waals surface area (Å²) < 4.78 is 5.40. The second kappa shape index (κ2) is 6.32. The van der Waals surface area contributed by atoms with Crippen molar-refractivity contribution < 1.29 is 19.1 Å². The molecule has 0 aromatic heterocycles. The summed E-state index contributed by atoms with van der Waals surface area (Å²) in [7, 11) is 0. The van der Waals surface area contributed by atoms with Crippen molar-refractivity contribution in [3.63, 3.8) is 0 Å². The minimum Gasteiger partial charge on any atom is -0.484 e. The van der Waals surface area contributed by atoms with Gasteiger partial charge in [0, 0.05) is 31.5 Å². The average Bonchev–Trinajstić information content (AvgIpc) is 2.46. The molecular formula is C15H17NO4. The maximum absolute atomic E-state index is 11.9. The van der Waals surface area contributed by atoms with Gasteiger partial charge in [0.15, 0.2) is 12.4 Å². The zero-order valence-electron chi connectivity index (χ0n) is 11.4. The minimum absolute atomic E-state index is 0.00869. The van der Waals surface area contributed by atoms with Gasteiger partial charge in [0.05, 0.1) is 0 Å². The zero-order valence-corrected chi connectivity index (χ0v) is 11.4. The lowest BCUT2D eigenvalue weighted by Gasteiger charge is -2.25. The number of hydrogen-bond acceptors (Lipinski definition) is 4. The van der Waals surface area contributed by atoms with Crippen molar-refractivity contribution in [2.24, 2.45) is 0 Å². The highest BCUT2D eigenvalue weighted by atomic mass is 16.5. The van der Waals surface area contributed by atoms with Crippen LogP contribution in [0.2, 0.25) is 0 Å². The lowest BCUT2D eigenvalue weighted by Crippen LogP contribution is -2.41. The molecular weight excluding hydrogens is 258 g/mol. The van der Waals surface area contributed by atoms with Gasteiger partial charge < -0.3 is 9.64 Å². The van der Waals surface area contributed by atoms with Gasteiger partial charge >= 0.3 is 0 Å². The molecule has 2 rings (SSSR count). The van der Waals surface area contributed by atoms with E-state index in [0.717, 1.165) is 0 Å². The normalized spacial score (nSPS) is 15.1. The number of nitrogens with zero attached hydrogens (tertiary/aromatic N) is 1. The van der Waals surface area contributed by atoms with Crippen LogP contribution in [0.15, 0.2) is 24.3 Å². The molecule has 1 aliphatic rings. The maximum Gasteiger partial charge on any atom is 0.260 e. The number of Topliss-reactive ketones (excluding diaryl/α,β-unsaturated/α-hetero) is 2. The number of amides is 1. The third-order valence-electron chi connectivity index (χ3n) is 3.30. The SMILES string of the molecule is CC(=O)c1ccc(OCC(=O)N2CCC(=O)CC2)cc1. The minimum atomic E-state index is -0.117. The Labute approximate surface area is 117 Å². The molecule has 1 heterocycles. The van der Waals surface area contributed by atoms with Gasteiger partial charge in [-0.05, 0) is 31.2 Å². The van der Waals surface area contributed by atoms with Crippen LogP contribution in [0.1, 0.15) is 30.1 Å². The van der Waals surface area contributed by atoms with E-state index in [-0.39, 0.29) is 24.1 Å². The van der Waals surface area contributed by atoms with Crippen molar-refractivity contribution in [3.8, 4) is 5.75 Å². The number of benzene rings is 1. The Kier molecular flexibility index (Phi) is 4.50. The Morgan fingerprint density at radius 1 is 1.15 bits per heavy atom.